The number of hydrogen-bond acceptors (Lipinski definition) is 5. The number of rotatable bonds is 9. The van der Waals surface area contributed by atoms with Gasteiger partial charge in [0.15, 0.2) is 0 Å². The van der Waals surface area contributed by atoms with E-state index in [4.69, 9.17) is 19.4 Å². The molecule has 1 N–H and O–H groups in total. The van der Waals surface area contributed by atoms with E-state index in [0.29, 0.717) is 38.1 Å². The molecular weight excluding hydrogens is 202 g/mol. The van der Waals surface area contributed by atoms with Crippen molar-refractivity contribution in [3.63, 3.8) is 0 Å². The fraction of sp³-hybridized carbons (Fsp3) is 0.889. The fourth-order valence-electron chi connectivity index (χ4n) is 0.773. The molecule has 6 nitrogen and oxygen atoms in total. The van der Waals surface area contributed by atoms with Crippen LogP contribution in [0, 0.1) is 0 Å². The Labute approximate surface area is 89.7 Å². The zero-order valence-corrected chi connectivity index (χ0v) is 9.27. The molecule has 15 heavy (non-hydrogen) atoms. The summed E-state index contributed by atoms with van der Waals surface area (Å²) in [7, 11) is 1.61. The van der Waals surface area contributed by atoms with Gasteiger partial charge in [-0.25, -0.2) is 5.06 Å². The lowest BCUT2D eigenvalue weighted by atomic mass is 10.6. The Kier molecular flexibility index (Phi) is 9.40. The van der Waals surface area contributed by atoms with E-state index < -0.39 is 5.91 Å². The van der Waals surface area contributed by atoms with Gasteiger partial charge in [-0.05, 0) is 0 Å². The summed E-state index contributed by atoms with van der Waals surface area (Å²) in [4.78, 5) is 10.6. The van der Waals surface area contributed by atoms with Crippen molar-refractivity contribution in [2.75, 3.05) is 46.7 Å². The minimum Gasteiger partial charge on any atom is -0.382 e. The van der Waals surface area contributed by atoms with Crippen LogP contribution >= 0.6 is 0 Å². The molecule has 0 aromatic heterocycles. The van der Waals surface area contributed by atoms with Crippen molar-refractivity contribution in [2.45, 2.75) is 6.92 Å². The van der Waals surface area contributed by atoms with Crippen molar-refractivity contribution in [3.05, 3.63) is 0 Å². The van der Waals surface area contributed by atoms with E-state index in [2.05, 4.69) is 0 Å². The molecule has 0 rings (SSSR count). The van der Waals surface area contributed by atoms with Gasteiger partial charge in [-0.3, -0.25) is 10.0 Å². The van der Waals surface area contributed by atoms with Crippen LogP contribution in [0.4, 0.5) is 0 Å². The van der Waals surface area contributed by atoms with Gasteiger partial charge in [-0.2, -0.15) is 0 Å². The van der Waals surface area contributed by atoms with Gasteiger partial charge in [0.05, 0.1) is 39.6 Å². The maximum absolute atomic E-state index is 10.6. The zero-order chi connectivity index (χ0) is 11.5. The highest BCUT2D eigenvalue weighted by Gasteiger charge is 2.02. The average Bonchev–Trinajstić information content (AvgIpc) is 2.21. The van der Waals surface area contributed by atoms with Crippen LogP contribution in [-0.4, -0.2) is 62.9 Å². The average molecular weight is 221 g/mol. The number of methoxy groups -OCH3 is 1. The number of nitrogens with zero attached hydrogens (tertiary/aromatic N) is 1. The third kappa shape index (κ3) is 9.61. The summed E-state index contributed by atoms with van der Waals surface area (Å²) in [6.45, 7) is 3.78. The van der Waals surface area contributed by atoms with Gasteiger partial charge in [0.25, 0.3) is 0 Å². The minimum atomic E-state index is -0.394. The first-order valence-electron chi connectivity index (χ1n) is 4.80. The van der Waals surface area contributed by atoms with E-state index in [-0.39, 0.29) is 6.54 Å². The van der Waals surface area contributed by atoms with E-state index in [0.717, 1.165) is 0 Å². The highest BCUT2D eigenvalue weighted by Crippen LogP contribution is 1.84. The monoisotopic (exact) mass is 221 g/mol. The molecule has 0 saturated carbocycles. The Morgan fingerprint density at radius 1 is 1.13 bits per heavy atom. The first kappa shape index (κ1) is 14.3. The van der Waals surface area contributed by atoms with Crippen LogP contribution in [0.25, 0.3) is 0 Å². The summed E-state index contributed by atoms with van der Waals surface area (Å²) in [5.41, 5.74) is 0. The maximum Gasteiger partial charge on any atom is 0.242 e. The van der Waals surface area contributed by atoms with Gasteiger partial charge >= 0.3 is 0 Å². The lowest BCUT2D eigenvalue weighted by molar-refractivity contribution is -0.165. The second-order valence-corrected chi connectivity index (χ2v) is 2.86. The molecule has 0 aliphatic rings. The Morgan fingerprint density at radius 3 is 2.20 bits per heavy atom. The largest absolute Gasteiger partial charge is 0.382 e. The molecule has 6 heteroatoms. The molecule has 0 aliphatic heterocycles. The molecule has 0 atom stereocenters. The van der Waals surface area contributed by atoms with Gasteiger partial charge in [-0.1, -0.05) is 0 Å². The van der Waals surface area contributed by atoms with Crippen molar-refractivity contribution < 1.29 is 24.2 Å². The molecule has 0 aliphatic carbocycles. The molecule has 0 fully saturated rings. The van der Waals surface area contributed by atoms with Gasteiger partial charge in [0, 0.05) is 14.0 Å². The maximum atomic E-state index is 10.6. The van der Waals surface area contributed by atoms with E-state index in [1.54, 1.807) is 7.11 Å². The highest BCUT2D eigenvalue weighted by molar-refractivity contribution is 5.71. The molecule has 0 unspecified atom stereocenters. The Balaban J connectivity index is 3.08. The molecule has 0 spiro atoms. The van der Waals surface area contributed by atoms with Crippen LogP contribution in [0.5, 0.6) is 0 Å². The lowest BCUT2D eigenvalue weighted by Crippen LogP contribution is -2.28. The Hall–Kier alpha value is -0.690. The molecular formula is C9H19NO5. The van der Waals surface area contributed by atoms with Crippen molar-refractivity contribution in [1.82, 2.24) is 5.06 Å². The van der Waals surface area contributed by atoms with Crippen molar-refractivity contribution in [1.29, 1.82) is 0 Å². The first-order chi connectivity index (χ1) is 7.18. The van der Waals surface area contributed by atoms with Crippen molar-refractivity contribution in [3.8, 4) is 0 Å². The first-order valence-corrected chi connectivity index (χ1v) is 4.80. The number of carbonyl (C=O) groups is 1. The molecule has 0 aromatic rings. The number of hydrogen-bond donors (Lipinski definition) is 1. The summed E-state index contributed by atoms with van der Waals surface area (Å²) in [5.74, 6) is -0.394. The van der Waals surface area contributed by atoms with E-state index in [1.165, 1.54) is 6.92 Å². The third-order valence-corrected chi connectivity index (χ3v) is 1.61. The van der Waals surface area contributed by atoms with E-state index in [9.17, 15) is 4.79 Å². The minimum absolute atomic E-state index is 0.174. The topological polar surface area (TPSA) is 68.2 Å². The van der Waals surface area contributed by atoms with Crippen LogP contribution in [0.15, 0.2) is 0 Å². The van der Waals surface area contributed by atoms with Crippen LogP contribution in [0.1, 0.15) is 6.92 Å². The van der Waals surface area contributed by atoms with Crippen LogP contribution in [-0.2, 0) is 19.0 Å². The van der Waals surface area contributed by atoms with E-state index in [1.807, 2.05) is 0 Å². The fourth-order valence-corrected chi connectivity index (χ4v) is 0.773. The summed E-state index contributed by atoms with van der Waals surface area (Å²) in [6, 6.07) is 0. The predicted octanol–water partition coefficient (Wildman–Crippen LogP) is -0.0963. The SMILES string of the molecule is COCCOCCOCCN(O)C(C)=O. The zero-order valence-electron chi connectivity index (χ0n) is 9.27. The highest BCUT2D eigenvalue weighted by atomic mass is 16.5. The number of ether oxygens (including phenoxy) is 3. The second-order valence-electron chi connectivity index (χ2n) is 2.86. The van der Waals surface area contributed by atoms with Crippen molar-refractivity contribution >= 4 is 5.91 Å². The normalized spacial score (nSPS) is 10.3. The van der Waals surface area contributed by atoms with Gasteiger partial charge in [0.1, 0.15) is 0 Å². The predicted molar refractivity (Wildman–Crippen MR) is 52.7 cm³/mol. The summed E-state index contributed by atoms with van der Waals surface area (Å²) < 4.78 is 15.0. The lowest BCUT2D eigenvalue weighted by Gasteiger charge is -2.12. The second kappa shape index (κ2) is 9.85. The van der Waals surface area contributed by atoms with Gasteiger partial charge in [0.2, 0.25) is 5.91 Å². The van der Waals surface area contributed by atoms with Crippen molar-refractivity contribution in [2.24, 2.45) is 0 Å². The number of amides is 1. The molecule has 0 heterocycles. The Morgan fingerprint density at radius 2 is 1.67 bits per heavy atom. The number of carbonyl (C=O) groups excluding carboxylic acids is 1. The van der Waals surface area contributed by atoms with E-state index >= 15 is 0 Å². The third-order valence-electron chi connectivity index (χ3n) is 1.61. The quantitative estimate of drug-likeness (QED) is 0.334. The number of hydroxylamine groups is 2. The Bertz CT molecular complexity index is 165. The molecule has 0 bridgehead atoms. The standard InChI is InChI=1S/C9H19NO5/c1-9(11)10(12)3-4-14-7-8-15-6-5-13-2/h12H,3-8H2,1-2H3. The van der Waals surface area contributed by atoms with Gasteiger partial charge < -0.3 is 14.2 Å². The van der Waals surface area contributed by atoms with Crippen LogP contribution < -0.4 is 0 Å². The molecule has 90 valence electrons. The molecule has 1 amide bonds. The molecule has 0 radical (unpaired) electrons. The smallest absolute Gasteiger partial charge is 0.242 e. The molecule has 0 saturated heterocycles. The summed E-state index contributed by atoms with van der Waals surface area (Å²) >= 11 is 0. The molecule has 0 aromatic carbocycles. The van der Waals surface area contributed by atoms with Crippen LogP contribution in [0.2, 0.25) is 0 Å². The summed E-state index contributed by atoms with van der Waals surface area (Å²) in [5, 5.41) is 9.57. The summed E-state index contributed by atoms with van der Waals surface area (Å²) in [6.07, 6.45) is 0. The van der Waals surface area contributed by atoms with Crippen LogP contribution in [0.3, 0.4) is 0 Å². The van der Waals surface area contributed by atoms with Gasteiger partial charge in [-0.15, -0.1) is 0 Å².